The molecule has 9 nitrogen and oxygen atoms in total. The molecule has 0 spiro atoms. The van der Waals surface area contributed by atoms with E-state index in [0.717, 1.165) is 5.56 Å². The van der Waals surface area contributed by atoms with Crippen LogP contribution < -0.4 is 5.32 Å². The van der Waals surface area contributed by atoms with E-state index in [1.165, 1.54) is 36.4 Å². The molecule has 0 aliphatic carbocycles. The van der Waals surface area contributed by atoms with E-state index in [-0.39, 0.29) is 16.0 Å². The van der Waals surface area contributed by atoms with Crippen molar-refractivity contribution in [1.82, 2.24) is 9.62 Å². The number of aliphatic carboxylic acids is 1. The monoisotopic (exact) mass is 406 g/mol. The average molecular weight is 406 g/mol. The molecule has 0 fully saturated rings. The van der Waals surface area contributed by atoms with Gasteiger partial charge in [0.05, 0.1) is 22.7 Å². The molecule has 0 aromatic heterocycles. The van der Waals surface area contributed by atoms with E-state index in [1.807, 2.05) is 0 Å². The van der Waals surface area contributed by atoms with Gasteiger partial charge in [-0.05, 0) is 31.2 Å². The Kier molecular flexibility index (Phi) is 6.49. The number of amides is 1. The summed E-state index contributed by atoms with van der Waals surface area (Å²) in [6.07, 6.45) is 0. The second-order valence-corrected chi connectivity index (χ2v) is 7.77. The molecule has 148 valence electrons. The summed E-state index contributed by atoms with van der Waals surface area (Å²) in [4.78, 5) is 34.5. The van der Waals surface area contributed by atoms with Crippen LogP contribution in [0.4, 0.5) is 0 Å². The molecular formula is C18H18N2O7S. The highest BCUT2D eigenvalue weighted by molar-refractivity contribution is 7.89. The number of carbonyl (C=O) groups is 3. The Hall–Kier alpha value is -3.24. The van der Waals surface area contributed by atoms with Crippen LogP contribution in [0, 0.1) is 6.92 Å². The second kappa shape index (κ2) is 8.63. The van der Waals surface area contributed by atoms with Gasteiger partial charge in [0.1, 0.15) is 6.54 Å². The number of carboxylic acid groups (broad SMARTS) is 2. The van der Waals surface area contributed by atoms with Gasteiger partial charge in [-0.3, -0.25) is 9.59 Å². The van der Waals surface area contributed by atoms with Crippen molar-refractivity contribution < 1.29 is 33.0 Å². The zero-order valence-electron chi connectivity index (χ0n) is 14.8. The third-order valence-corrected chi connectivity index (χ3v) is 5.59. The molecule has 0 saturated heterocycles. The van der Waals surface area contributed by atoms with Gasteiger partial charge < -0.3 is 15.5 Å². The smallest absolute Gasteiger partial charge is 0.336 e. The highest BCUT2D eigenvalue weighted by Gasteiger charge is 2.27. The summed E-state index contributed by atoms with van der Waals surface area (Å²) in [7, 11) is -4.20. The van der Waals surface area contributed by atoms with E-state index in [2.05, 4.69) is 5.32 Å². The van der Waals surface area contributed by atoms with Crippen LogP contribution in [0.25, 0.3) is 0 Å². The van der Waals surface area contributed by atoms with Crippen molar-refractivity contribution in [3.05, 3.63) is 65.2 Å². The zero-order valence-corrected chi connectivity index (χ0v) is 15.6. The Morgan fingerprint density at radius 1 is 0.964 bits per heavy atom. The minimum atomic E-state index is -4.20. The fourth-order valence-corrected chi connectivity index (χ4v) is 3.65. The van der Waals surface area contributed by atoms with Crippen LogP contribution in [0.15, 0.2) is 53.4 Å². The summed E-state index contributed by atoms with van der Waals surface area (Å²) in [6.45, 7) is 0.248. The van der Waals surface area contributed by atoms with Gasteiger partial charge in [-0.2, -0.15) is 4.31 Å². The van der Waals surface area contributed by atoms with E-state index in [0.29, 0.717) is 4.31 Å². The van der Waals surface area contributed by atoms with E-state index >= 15 is 0 Å². The van der Waals surface area contributed by atoms with E-state index in [4.69, 9.17) is 10.2 Å². The normalized spacial score (nSPS) is 11.2. The maximum Gasteiger partial charge on any atom is 0.336 e. The van der Waals surface area contributed by atoms with Crippen molar-refractivity contribution in [3.63, 3.8) is 0 Å². The first-order valence-corrected chi connectivity index (χ1v) is 9.46. The van der Waals surface area contributed by atoms with Gasteiger partial charge in [-0.1, -0.05) is 29.8 Å². The Morgan fingerprint density at radius 3 is 2.07 bits per heavy atom. The van der Waals surface area contributed by atoms with Gasteiger partial charge in [0, 0.05) is 0 Å². The summed E-state index contributed by atoms with van der Waals surface area (Å²) < 4.78 is 26.0. The topological polar surface area (TPSA) is 141 Å². The predicted octanol–water partition coefficient (Wildman–Crippen LogP) is 1.16. The number of carbonyl (C=O) groups excluding carboxylic acids is 1. The fraction of sp³-hybridized carbons (Fsp3) is 0.167. The van der Waals surface area contributed by atoms with Crippen LogP contribution in [0.1, 0.15) is 26.3 Å². The van der Waals surface area contributed by atoms with Crippen molar-refractivity contribution in [2.75, 3.05) is 13.2 Å². The molecular weight excluding hydrogens is 388 g/mol. The largest absolute Gasteiger partial charge is 0.480 e. The lowest BCUT2D eigenvalue weighted by Crippen LogP contribution is -2.44. The molecule has 0 unspecified atom stereocenters. The SMILES string of the molecule is Cc1ccc(S(=O)(=O)N(CNC(=O)c2ccccc2C(=O)O)CC(=O)O)cc1. The Labute approximate surface area is 161 Å². The number of nitrogens with zero attached hydrogens (tertiary/aromatic N) is 1. The van der Waals surface area contributed by atoms with Gasteiger partial charge in [0.2, 0.25) is 10.0 Å². The number of nitrogens with one attached hydrogen (secondary N) is 1. The van der Waals surface area contributed by atoms with E-state index < -0.39 is 41.1 Å². The Morgan fingerprint density at radius 2 is 1.54 bits per heavy atom. The molecule has 10 heteroatoms. The number of carboxylic acids is 2. The third kappa shape index (κ3) is 4.93. The number of hydrogen-bond acceptors (Lipinski definition) is 5. The molecule has 0 aliphatic heterocycles. The molecule has 0 aliphatic rings. The summed E-state index contributed by atoms with van der Waals surface area (Å²) in [5.41, 5.74) is 0.395. The van der Waals surface area contributed by atoms with E-state index in [9.17, 15) is 22.8 Å². The highest BCUT2D eigenvalue weighted by Crippen LogP contribution is 2.16. The van der Waals surface area contributed by atoms with E-state index in [1.54, 1.807) is 19.1 Å². The van der Waals surface area contributed by atoms with Gasteiger partial charge in [-0.15, -0.1) is 0 Å². The predicted molar refractivity (Wildman–Crippen MR) is 98.4 cm³/mol. The van der Waals surface area contributed by atoms with Crippen LogP contribution >= 0.6 is 0 Å². The molecule has 0 saturated carbocycles. The number of benzene rings is 2. The molecule has 0 radical (unpaired) electrons. The van der Waals surface area contributed by atoms with Crippen molar-refractivity contribution in [3.8, 4) is 0 Å². The fourth-order valence-electron chi connectivity index (χ4n) is 2.36. The molecule has 0 heterocycles. The number of aryl methyl sites for hydroxylation is 1. The molecule has 3 N–H and O–H groups in total. The lowest BCUT2D eigenvalue weighted by Gasteiger charge is -2.21. The molecule has 1 amide bonds. The highest BCUT2D eigenvalue weighted by atomic mass is 32.2. The van der Waals surface area contributed by atoms with Crippen LogP contribution in [0.3, 0.4) is 0 Å². The second-order valence-electron chi connectivity index (χ2n) is 5.84. The first kappa shape index (κ1) is 21.1. The summed E-state index contributed by atoms with van der Waals surface area (Å²) in [6, 6.07) is 11.2. The molecule has 0 bridgehead atoms. The first-order chi connectivity index (χ1) is 13.1. The number of sulfonamides is 1. The summed E-state index contributed by atoms with van der Waals surface area (Å²) in [5, 5.41) is 20.5. The van der Waals surface area contributed by atoms with Crippen LogP contribution in [0.2, 0.25) is 0 Å². The first-order valence-electron chi connectivity index (χ1n) is 8.02. The van der Waals surface area contributed by atoms with Gasteiger partial charge in [-0.25, -0.2) is 13.2 Å². The van der Waals surface area contributed by atoms with Crippen molar-refractivity contribution >= 4 is 27.9 Å². The standard InChI is InChI=1S/C18H18N2O7S/c1-12-6-8-13(9-7-12)28(26,27)20(10-16(21)22)11-19-17(23)14-4-2-3-5-15(14)18(24)25/h2-9H,10-11H2,1H3,(H,19,23)(H,21,22)(H,24,25). The lowest BCUT2D eigenvalue weighted by molar-refractivity contribution is -0.137. The van der Waals surface area contributed by atoms with Crippen LogP contribution in [-0.4, -0.2) is 54.0 Å². The van der Waals surface area contributed by atoms with Crippen LogP contribution in [0.5, 0.6) is 0 Å². The van der Waals surface area contributed by atoms with Gasteiger partial charge >= 0.3 is 11.9 Å². The van der Waals surface area contributed by atoms with Gasteiger partial charge in [0.15, 0.2) is 0 Å². The zero-order chi connectivity index (χ0) is 20.9. The lowest BCUT2D eigenvalue weighted by atomic mass is 10.1. The molecule has 0 atom stereocenters. The Balaban J connectivity index is 2.26. The maximum atomic E-state index is 12.7. The van der Waals surface area contributed by atoms with Crippen LogP contribution in [-0.2, 0) is 14.8 Å². The summed E-state index contributed by atoms with van der Waals surface area (Å²) in [5.74, 6) is -3.57. The minimum Gasteiger partial charge on any atom is -0.480 e. The third-order valence-electron chi connectivity index (χ3n) is 3.79. The summed E-state index contributed by atoms with van der Waals surface area (Å²) >= 11 is 0. The molecule has 28 heavy (non-hydrogen) atoms. The average Bonchev–Trinajstić information content (AvgIpc) is 2.64. The quantitative estimate of drug-likeness (QED) is 0.559. The minimum absolute atomic E-state index is 0.125. The van der Waals surface area contributed by atoms with Crippen molar-refractivity contribution in [2.45, 2.75) is 11.8 Å². The Bertz CT molecular complexity index is 1000. The molecule has 2 aromatic rings. The van der Waals surface area contributed by atoms with Crippen molar-refractivity contribution in [1.29, 1.82) is 0 Å². The maximum absolute atomic E-state index is 12.7. The molecule has 2 aromatic carbocycles. The number of hydrogen-bond donors (Lipinski definition) is 3. The number of rotatable bonds is 8. The molecule has 2 rings (SSSR count). The number of aromatic carboxylic acids is 1. The van der Waals surface area contributed by atoms with Gasteiger partial charge in [0.25, 0.3) is 5.91 Å². The van der Waals surface area contributed by atoms with Crippen molar-refractivity contribution in [2.24, 2.45) is 0 Å².